The molecule has 3 heterocycles. The lowest BCUT2D eigenvalue weighted by molar-refractivity contribution is -0.122. The Morgan fingerprint density at radius 2 is 2.39 bits per heavy atom. The highest BCUT2D eigenvalue weighted by Crippen LogP contribution is 2.10. The summed E-state index contributed by atoms with van der Waals surface area (Å²) in [6, 6.07) is 0. The highest BCUT2D eigenvalue weighted by Gasteiger charge is 2.17. The van der Waals surface area contributed by atoms with Gasteiger partial charge in [0.2, 0.25) is 5.91 Å². The molecule has 0 saturated carbocycles. The molecule has 9 nitrogen and oxygen atoms in total. The van der Waals surface area contributed by atoms with Crippen molar-refractivity contribution in [3.05, 3.63) is 22.9 Å². The molecular formula is C14H19N5O4. The molecule has 0 bridgehead atoms. The number of aliphatic hydroxyl groups excluding tert-OH is 1. The molecule has 1 aliphatic heterocycles. The number of aliphatic hydroxyl groups is 1. The van der Waals surface area contributed by atoms with E-state index in [9.17, 15) is 9.59 Å². The van der Waals surface area contributed by atoms with Crippen molar-refractivity contribution < 1.29 is 14.6 Å². The number of fused-ring (bicyclic) bond motifs is 1. The van der Waals surface area contributed by atoms with Gasteiger partial charge in [-0.2, -0.15) is 5.10 Å². The van der Waals surface area contributed by atoms with Gasteiger partial charge in [0.05, 0.1) is 25.5 Å². The lowest BCUT2D eigenvalue weighted by atomic mass is 10.2. The van der Waals surface area contributed by atoms with Crippen LogP contribution in [-0.4, -0.2) is 56.2 Å². The highest BCUT2D eigenvalue weighted by molar-refractivity contribution is 5.77. The van der Waals surface area contributed by atoms with E-state index in [0.29, 0.717) is 17.6 Å². The van der Waals surface area contributed by atoms with Crippen LogP contribution in [0.1, 0.15) is 12.8 Å². The summed E-state index contributed by atoms with van der Waals surface area (Å²) in [7, 11) is 0. The van der Waals surface area contributed by atoms with Crippen molar-refractivity contribution in [2.75, 3.05) is 19.8 Å². The van der Waals surface area contributed by atoms with Gasteiger partial charge in [-0.05, 0) is 12.8 Å². The monoisotopic (exact) mass is 321 g/mol. The molecule has 0 radical (unpaired) electrons. The molecule has 124 valence electrons. The number of carbonyl (C=O) groups excluding carboxylic acids is 1. The quantitative estimate of drug-likeness (QED) is 0.697. The van der Waals surface area contributed by atoms with Gasteiger partial charge in [0.1, 0.15) is 18.3 Å². The lowest BCUT2D eigenvalue weighted by Crippen LogP contribution is -2.36. The van der Waals surface area contributed by atoms with Crippen LogP contribution in [0.15, 0.2) is 17.3 Å². The average Bonchev–Trinajstić information content (AvgIpc) is 3.19. The second-order valence-corrected chi connectivity index (χ2v) is 5.45. The maximum Gasteiger partial charge on any atom is 0.264 e. The Balaban J connectivity index is 1.68. The number of rotatable bonds is 6. The molecule has 0 spiro atoms. The van der Waals surface area contributed by atoms with Gasteiger partial charge >= 0.3 is 0 Å². The van der Waals surface area contributed by atoms with E-state index in [1.165, 1.54) is 21.8 Å². The van der Waals surface area contributed by atoms with E-state index >= 15 is 0 Å². The molecule has 9 heteroatoms. The minimum atomic E-state index is -0.327. The Morgan fingerprint density at radius 3 is 3.13 bits per heavy atom. The molecule has 0 aliphatic carbocycles. The minimum Gasteiger partial charge on any atom is -0.394 e. The van der Waals surface area contributed by atoms with Crippen LogP contribution in [0.25, 0.3) is 11.0 Å². The second kappa shape index (κ2) is 6.88. The third-order valence-corrected chi connectivity index (χ3v) is 3.80. The molecule has 3 rings (SSSR count). The molecule has 2 aromatic rings. The Kier molecular flexibility index (Phi) is 4.68. The van der Waals surface area contributed by atoms with E-state index in [1.807, 2.05) is 0 Å². The van der Waals surface area contributed by atoms with Crippen LogP contribution in [0.4, 0.5) is 0 Å². The molecule has 2 aromatic heterocycles. The zero-order valence-electron chi connectivity index (χ0n) is 12.6. The first-order chi connectivity index (χ1) is 11.2. The fraction of sp³-hybridized carbons (Fsp3) is 0.571. The standard InChI is InChI=1S/C14H19N5O4/c20-4-3-19-13-11(7-17-19)14(22)18(9-16-13)8-12(21)15-6-10-2-1-5-23-10/h7,9-10,20H,1-6,8H2,(H,15,21)/t10-/m0/s1. The van der Waals surface area contributed by atoms with E-state index in [0.717, 1.165) is 19.4 Å². The zero-order chi connectivity index (χ0) is 16.2. The van der Waals surface area contributed by atoms with Crippen LogP contribution in [0.5, 0.6) is 0 Å². The smallest absolute Gasteiger partial charge is 0.264 e. The number of aromatic nitrogens is 4. The third kappa shape index (κ3) is 3.40. The minimum absolute atomic E-state index is 0.0630. The van der Waals surface area contributed by atoms with Crippen LogP contribution in [0.2, 0.25) is 0 Å². The predicted molar refractivity (Wildman–Crippen MR) is 80.9 cm³/mol. The summed E-state index contributed by atoms with van der Waals surface area (Å²) >= 11 is 0. The van der Waals surface area contributed by atoms with Gasteiger partial charge in [-0.25, -0.2) is 9.67 Å². The van der Waals surface area contributed by atoms with Crippen molar-refractivity contribution in [2.24, 2.45) is 0 Å². The van der Waals surface area contributed by atoms with Crippen LogP contribution in [0.3, 0.4) is 0 Å². The fourth-order valence-electron chi connectivity index (χ4n) is 2.61. The molecule has 1 fully saturated rings. The van der Waals surface area contributed by atoms with E-state index < -0.39 is 0 Å². The lowest BCUT2D eigenvalue weighted by Gasteiger charge is -2.11. The van der Waals surface area contributed by atoms with Crippen LogP contribution >= 0.6 is 0 Å². The molecule has 1 saturated heterocycles. The summed E-state index contributed by atoms with van der Waals surface area (Å²) in [5, 5.41) is 16.1. The second-order valence-electron chi connectivity index (χ2n) is 5.45. The number of hydrogen-bond donors (Lipinski definition) is 2. The molecule has 0 unspecified atom stereocenters. The summed E-state index contributed by atoms with van der Waals surface area (Å²) in [5.41, 5.74) is 0.0755. The first-order valence-corrected chi connectivity index (χ1v) is 7.59. The molecule has 1 amide bonds. The van der Waals surface area contributed by atoms with E-state index in [2.05, 4.69) is 15.4 Å². The zero-order valence-corrected chi connectivity index (χ0v) is 12.6. The topological polar surface area (TPSA) is 111 Å². The van der Waals surface area contributed by atoms with E-state index in [1.54, 1.807) is 0 Å². The summed E-state index contributed by atoms with van der Waals surface area (Å²) in [6.45, 7) is 1.27. The Labute approximate surface area is 131 Å². The van der Waals surface area contributed by atoms with Gasteiger partial charge in [0.25, 0.3) is 5.56 Å². The van der Waals surface area contributed by atoms with Crippen molar-refractivity contribution >= 4 is 16.9 Å². The van der Waals surface area contributed by atoms with Crippen molar-refractivity contribution in [2.45, 2.75) is 32.0 Å². The normalized spacial score (nSPS) is 17.7. The van der Waals surface area contributed by atoms with Crippen LogP contribution in [-0.2, 0) is 22.6 Å². The highest BCUT2D eigenvalue weighted by atomic mass is 16.5. The predicted octanol–water partition coefficient (Wildman–Crippen LogP) is -1.12. The van der Waals surface area contributed by atoms with E-state index in [4.69, 9.17) is 9.84 Å². The van der Waals surface area contributed by atoms with Crippen molar-refractivity contribution in [1.29, 1.82) is 0 Å². The number of carbonyl (C=O) groups is 1. The molecule has 23 heavy (non-hydrogen) atoms. The number of amides is 1. The number of nitrogens with one attached hydrogen (secondary N) is 1. The molecular weight excluding hydrogens is 302 g/mol. The number of nitrogens with zero attached hydrogens (tertiary/aromatic N) is 4. The fourth-order valence-corrected chi connectivity index (χ4v) is 2.61. The number of hydrogen-bond acceptors (Lipinski definition) is 6. The van der Waals surface area contributed by atoms with Gasteiger partial charge in [-0.3, -0.25) is 14.2 Å². The van der Waals surface area contributed by atoms with Gasteiger partial charge in [-0.1, -0.05) is 0 Å². The summed E-state index contributed by atoms with van der Waals surface area (Å²) in [6.07, 6.45) is 4.75. The Bertz CT molecular complexity index is 747. The van der Waals surface area contributed by atoms with Crippen molar-refractivity contribution in [3.63, 3.8) is 0 Å². The Hall–Kier alpha value is -2.26. The van der Waals surface area contributed by atoms with Crippen LogP contribution < -0.4 is 10.9 Å². The molecule has 2 N–H and O–H groups in total. The maximum atomic E-state index is 12.3. The molecule has 0 aromatic carbocycles. The van der Waals surface area contributed by atoms with Crippen molar-refractivity contribution in [3.8, 4) is 0 Å². The van der Waals surface area contributed by atoms with Gasteiger partial charge in [0, 0.05) is 13.2 Å². The summed E-state index contributed by atoms with van der Waals surface area (Å²) in [4.78, 5) is 28.5. The van der Waals surface area contributed by atoms with Crippen LogP contribution in [0, 0.1) is 0 Å². The molecule has 1 atom stereocenters. The van der Waals surface area contributed by atoms with Gasteiger partial charge < -0.3 is 15.2 Å². The summed E-state index contributed by atoms with van der Waals surface area (Å²) in [5.74, 6) is -0.258. The Morgan fingerprint density at radius 1 is 1.52 bits per heavy atom. The number of ether oxygens (including phenoxy) is 1. The van der Waals surface area contributed by atoms with Gasteiger partial charge in [-0.15, -0.1) is 0 Å². The third-order valence-electron chi connectivity index (χ3n) is 3.80. The van der Waals surface area contributed by atoms with Crippen molar-refractivity contribution in [1.82, 2.24) is 24.6 Å². The largest absolute Gasteiger partial charge is 0.394 e. The van der Waals surface area contributed by atoms with Gasteiger partial charge in [0.15, 0.2) is 5.65 Å². The summed E-state index contributed by atoms with van der Waals surface area (Å²) < 4.78 is 8.14. The SMILES string of the molecule is O=C(Cn1cnc2c(cnn2CCO)c1=O)NC[C@@H]1CCCO1. The first kappa shape index (κ1) is 15.6. The first-order valence-electron chi connectivity index (χ1n) is 7.59. The molecule has 1 aliphatic rings. The average molecular weight is 321 g/mol. The maximum absolute atomic E-state index is 12.3. The van der Waals surface area contributed by atoms with E-state index in [-0.39, 0.29) is 37.3 Å².